The summed E-state index contributed by atoms with van der Waals surface area (Å²) in [7, 11) is 1.86. The SMILES string of the molecule is C=CN=C(C=C)CNC.CC.CC. The van der Waals surface area contributed by atoms with E-state index in [1.807, 2.05) is 34.7 Å². The predicted molar refractivity (Wildman–Crippen MR) is 64.5 cm³/mol. The summed E-state index contributed by atoms with van der Waals surface area (Å²) in [5.41, 5.74) is 0.910. The van der Waals surface area contributed by atoms with Crippen molar-refractivity contribution in [3.8, 4) is 0 Å². The van der Waals surface area contributed by atoms with Gasteiger partial charge in [-0.1, -0.05) is 40.9 Å². The fourth-order valence-electron chi connectivity index (χ4n) is 0.469. The van der Waals surface area contributed by atoms with Crippen LogP contribution in [0.4, 0.5) is 0 Å². The summed E-state index contributed by atoms with van der Waals surface area (Å²) in [6, 6.07) is 0. The monoisotopic (exact) mass is 184 g/mol. The Labute approximate surface area is 83.5 Å². The Bertz CT molecular complexity index is 126. The van der Waals surface area contributed by atoms with Gasteiger partial charge < -0.3 is 5.32 Å². The second kappa shape index (κ2) is 22.5. The van der Waals surface area contributed by atoms with E-state index in [4.69, 9.17) is 0 Å². The van der Waals surface area contributed by atoms with Crippen molar-refractivity contribution in [1.29, 1.82) is 0 Å². The Hall–Kier alpha value is -0.890. The van der Waals surface area contributed by atoms with Crippen LogP contribution in [0.1, 0.15) is 27.7 Å². The quantitative estimate of drug-likeness (QED) is 0.667. The first kappa shape index (κ1) is 18.0. The van der Waals surface area contributed by atoms with E-state index in [1.165, 1.54) is 6.20 Å². The third kappa shape index (κ3) is 18.2. The van der Waals surface area contributed by atoms with Crippen LogP contribution < -0.4 is 5.32 Å². The van der Waals surface area contributed by atoms with E-state index in [9.17, 15) is 0 Å². The molecule has 0 heterocycles. The van der Waals surface area contributed by atoms with Gasteiger partial charge in [-0.25, -0.2) is 0 Å². The van der Waals surface area contributed by atoms with Crippen LogP contribution in [0.25, 0.3) is 0 Å². The van der Waals surface area contributed by atoms with Crippen molar-refractivity contribution in [2.75, 3.05) is 13.6 Å². The van der Waals surface area contributed by atoms with Gasteiger partial charge in [0, 0.05) is 12.7 Å². The molecule has 0 radical (unpaired) electrons. The number of nitrogens with zero attached hydrogens (tertiary/aromatic N) is 1. The average Bonchev–Trinajstić information content (AvgIpc) is 2.23. The standard InChI is InChI=1S/C7H12N2.2C2H6/c1-4-7(6-8-3)9-5-2;2*1-2/h4-5,8H,1-2,6H2,3H3;2*1-2H3. The first-order valence-corrected chi connectivity index (χ1v) is 4.79. The molecule has 0 unspecified atom stereocenters. The summed E-state index contributed by atoms with van der Waals surface area (Å²) < 4.78 is 0. The van der Waals surface area contributed by atoms with Gasteiger partial charge in [-0.3, -0.25) is 4.99 Å². The number of aliphatic imine (C=N–C) groups is 1. The van der Waals surface area contributed by atoms with E-state index in [0.29, 0.717) is 0 Å². The maximum atomic E-state index is 3.93. The highest BCUT2D eigenvalue weighted by atomic mass is 14.8. The highest BCUT2D eigenvalue weighted by molar-refractivity contribution is 5.96. The zero-order valence-corrected chi connectivity index (χ0v) is 9.72. The number of hydrogen-bond donors (Lipinski definition) is 1. The Balaban J connectivity index is -0.000000218. The normalized spacial score (nSPS) is 8.54. The van der Waals surface area contributed by atoms with E-state index in [-0.39, 0.29) is 0 Å². The van der Waals surface area contributed by atoms with Crippen molar-refractivity contribution in [2.45, 2.75) is 27.7 Å². The summed E-state index contributed by atoms with van der Waals surface area (Å²) >= 11 is 0. The van der Waals surface area contributed by atoms with Crippen LogP contribution >= 0.6 is 0 Å². The molecular weight excluding hydrogens is 160 g/mol. The maximum Gasteiger partial charge on any atom is 0.0535 e. The third-order valence-corrected chi connectivity index (χ3v) is 0.851. The van der Waals surface area contributed by atoms with Gasteiger partial charge in [0.15, 0.2) is 0 Å². The van der Waals surface area contributed by atoms with Gasteiger partial charge in [0.25, 0.3) is 0 Å². The molecule has 0 aromatic carbocycles. The molecule has 0 aromatic heterocycles. The minimum atomic E-state index is 0.746. The van der Waals surface area contributed by atoms with Crippen LogP contribution in [0.2, 0.25) is 0 Å². The minimum absolute atomic E-state index is 0.746. The molecule has 0 fully saturated rings. The third-order valence-electron chi connectivity index (χ3n) is 0.851. The molecule has 0 rings (SSSR count). The second-order valence-electron chi connectivity index (χ2n) is 1.54. The zero-order chi connectivity index (χ0) is 11.1. The highest BCUT2D eigenvalue weighted by Gasteiger charge is 1.85. The summed E-state index contributed by atoms with van der Waals surface area (Å²) in [6.07, 6.45) is 3.21. The summed E-state index contributed by atoms with van der Waals surface area (Å²) in [5.74, 6) is 0. The van der Waals surface area contributed by atoms with Crippen LogP contribution in [0, 0.1) is 0 Å². The van der Waals surface area contributed by atoms with Crippen LogP contribution in [0.15, 0.2) is 30.4 Å². The van der Waals surface area contributed by atoms with Crippen molar-refractivity contribution >= 4 is 5.71 Å². The van der Waals surface area contributed by atoms with Gasteiger partial charge in [0.05, 0.1) is 5.71 Å². The number of hydrogen-bond acceptors (Lipinski definition) is 2. The summed E-state index contributed by atoms with van der Waals surface area (Å²) in [6.45, 7) is 15.8. The van der Waals surface area contributed by atoms with Crippen molar-refractivity contribution < 1.29 is 0 Å². The lowest BCUT2D eigenvalue weighted by atomic mass is 10.4. The van der Waals surface area contributed by atoms with Gasteiger partial charge in [-0.05, 0) is 13.1 Å². The molecule has 0 saturated heterocycles. The second-order valence-corrected chi connectivity index (χ2v) is 1.54. The molecule has 0 aliphatic carbocycles. The Morgan fingerprint density at radius 2 is 1.69 bits per heavy atom. The Kier molecular flexibility index (Phi) is 31.1. The average molecular weight is 184 g/mol. The number of rotatable bonds is 4. The molecule has 0 aromatic rings. The molecule has 0 aliphatic rings. The van der Waals surface area contributed by atoms with Crippen LogP contribution in [0.3, 0.4) is 0 Å². The molecule has 0 saturated carbocycles. The lowest BCUT2D eigenvalue weighted by molar-refractivity contribution is 0.948. The van der Waals surface area contributed by atoms with Gasteiger partial charge in [0.1, 0.15) is 0 Å². The Morgan fingerprint density at radius 3 is 1.92 bits per heavy atom. The molecule has 0 spiro atoms. The van der Waals surface area contributed by atoms with Crippen molar-refractivity contribution in [1.82, 2.24) is 5.32 Å². The maximum absolute atomic E-state index is 3.93. The van der Waals surface area contributed by atoms with E-state index in [1.54, 1.807) is 6.08 Å². The van der Waals surface area contributed by atoms with Gasteiger partial charge in [0.2, 0.25) is 0 Å². The van der Waals surface area contributed by atoms with Crippen LogP contribution in [-0.2, 0) is 0 Å². The fourth-order valence-corrected chi connectivity index (χ4v) is 0.469. The molecule has 0 amide bonds. The lowest BCUT2D eigenvalue weighted by Crippen LogP contribution is -2.16. The molecule has 0 atom stereocenters. The molecule has 2 nitrogen and oxygen atoms in total. The summed E-state index contributed by atoms with van der Waals surface area (Å²) in [5, 5.41) is 2.95. The van der Waals surface area contributed by atoms with E-state index >= 15 is 0 Å². The highest BCUT2D eigenvalue weighted by Crippen LogP contribution is 1.78. The van der Waals surface area contributed by atoms with Crippen LogP contribution in [0.5, 0.6) is 0 Å². The first-order chi connectivity index (χ1) is 6.35. The smallest absolute Gasteiger partial charge is 0.0535 e. The van der Waals surface area contributed by atoms with Crippen molar-refractivity contribution in [3.63, 3.8) is 0 Å². The lowest BCUT2D eigenvalue weighted by Gasteiger charge is -1.94. The minimum Gasteiger partial charge on any atom is -0.314 e. The van der Waals surface area contributed by atoms with Gasteiger partial charge in [-0.2, -0.15) is 0 Å². The Morgan fingerprint density at radius 1 is 1.23 bits per heavy atom. The molecule has 78 valence electrons. The molecule has 1 N–H and O–H groups in total. The van der Waals surface area contributed by atoms with E-state index in [2.05, 4.69) is 23.5 Å². The largest absolute Gasteiger partial charge is 0.314 e. The topological polar surface area (TPSA) is 24.4 Å². The van der Waals surface area contributed by atoms with Gasteiger partial charge >= 0.3 is 0 Å². The molecule has 0 bridgehead atoms. The molecule has 2 heteroatoms. The predicted octanol–water partition coefficient (Wildman–Crippen LogP) is 3.03. The van der Waals surface area contributed by atoms with Gasteiger partial charge in [-0.15, -0.1) is 0 Å². The molecular formula is C11H24N2. The molecule has 0 aliphatic heterocycles. The van der Waals surface area contributed by atoms with Crippen LogP contribution in [-0.4, -0.2) is 19.3 Å². The first-order valence-electron chi connectivity index (χ1n) is 4.79. The van der Waals surface area contributed by atoms with E-state index in [0.717, 1.165) is 12.3 Å². The molecule has 13 heavy (non-hydrogen) atoms. The number of nitrogens with one attached hydrogen (secondary N) is 1. The summed E-state index contributed by atoms with van der Waals surface area (Å²) in [4.78, 5) is 3.93. The van der Waals surface area contributed by atoms with Crippen molar-refractivity contribution in [2.24, 2.45) is 4.99 Å². The van der Waals surface area contributed by atoms with Crippen molar-refractivity contribution in [3.05, 3.63) is 25.4 Å². The van der Waals surface area contributed by atoms with E-state index < -0.39 is 0 Å². The fraction of sp³-hybridized carbons (Fsp3) is 0.545. The zero-order valence-electron chi connectivity index (χ0n) is 9.72.